The van der Waals surface area contributed by atoms with Gasteiger partial charge in [0.05, 0.1) is 0 Å². The summed E-state index contributed by atoms with van der Waals surface area (Å²) in [5, 5.41) is 1.90. The monoisotopic (exact) mass is 380 g/mol. The summed E-state index contributed by atoms with van der Waals surface area (Å²) in [6, 6.07) is 16.5. The summed E-state index contributed by atoms with van der Waals surface area (Å²) in [4.78, 5) is 28.8. The normalized spacial score (nSPS) is 14.4. The number of carbonyl (C=O) groups excluding carboxylic acids is 2. The van der Waals surface area contributed by atoms with Gasteiger partial charge in [-0.1, -0.05) is 36.4 Å². The molecule has 2 amide bonds. The molecule has 3 aromatic rings. The SMILES string of the molecule is O=C(c1ccc(F)c(F)c1)N1CCN(C(=O)c2cccc3ccccc23)CC1. The van der Waals surface area contributed by atoms with Crippen molar-refractivity contribution in [3.8, 4) is 0 Å². The Hall–Kier alpha value is -3.28. The van der Waals surface area contributed by atoms with Gasteiger partial charge in [0.1, 0.15) is 0 Å². The minimum absolute atomic E-state index is 0.0725. The first-order valence-corrected chi connectivity index (χ1v) is 9.06. The Morgan fingerprint density at radius 3 is 2.07 bits per heavy atom. The Kier molecular flexibility index (Phi) is 4.77. The van der Waals surface area contributed by atoms with Gasteiger partial charge in [-0.2, -0.15) is 0 Å². The lowest BCUT2D eigenvalue weighted by Crippen LogP contribution is -2.50. The highest BCUT2D eigenvalue weighted by molar-refractivity contribution is 6.07. The van der Waals surface area contributed by atoms with E-state index in [1.165, 1.54) is 6.07 Å². The molecule has 3 aromatic carbocycles. The first-order valence-electron chi connectivity index (χ1n) is 9.06. The average molecular weight is 380 g/mol. The number of benzene rings is 3. The van der Waals surface area contributed by atoms with Crippen LogP contribution in [0.1, 0.15) is 20.7 Å². The van der Waals surface area contributed by atoms with Crippen LogP contribution in [0.2, 0.25) is 0 Å². The summed E-state index contributed by atoms with van der Waals surface area (Å²) in [5.74, 6) is -2.47. The molecule has 4 nitrogen and oxygen atoms in total. The molecule has 0 aromatic heterocycles. The lowest BCUT2D eigenvalue weighted by Gasteiger charge is -2.35. The second-order valence-electron chi connectivity index (χ2n) is 6.74. The second kappa shape index (κ2) is 7.38. The van der Waals surface area contributed by atoms with Gasteiger partial charge in [0.2, 0.25) is 0 Å². The van der Waals surface area contributed by atoms with E-state index < -0.39 is 11.6 Å². The van der Waals surface area contributed by atoms with E-state index in [0.717, 1.165) is 22.9 Å². The first kappa shape index (κ1) is 18.1. The molecule has 0 bridgehead atoms. The fourth-order valence-corrected chi connectivity index (χ4v) is 3.51. The zero-order valence-electron chi connectivity index (χ0n) is 15.1. The van der Waals surface area contributed by atoms with Crippen LogP contribution in [0, 0.1) is 11.6 Å². The van der Waals surface area contributed by atoms with Crippen molar-refractivity contribution in [1.29, 1.82) is 0 Å². The largest absolute Gasteiger partial charge is 0.335 e. The predicted molar refractivity (Wildman–Crippen MR) is 102 cm³/mol. The van der Waals surface area contributed by atoms with Crippen LogP contribution in [0.3, 0.4) is 0 Å². The molecular weight excluding hydrogens is 362 g/mol. The quantitative estimate of drug-likeness (QED) is 0.680. The Morgan fingerprint density at radius 1 is 0.714 bits per heavy atom. The summed E-state index contributed by atoms with van der Waals surface area (Å²) >= 11 is 0. The zero-order valence-corrected chi connectivity index (χ0v) is 15.1. The summed E-state index contributed by atoms with van der Waals surface area (Å²) < 4.78 is 26.5. The summed E-state index contributed by atoms with van der Waals surface area (Å²) in [7, 11) is 0. The molecule has 1 aliphatic rings. The van der Waals surface area contributed by atoms with Gasteiger partial charge in [0, 0.05) is 37.3 Å². The van der Waals surface area contributed by atoms with Crippen LogP contribution in [-0.4, -0.2) is 47.8 Å². The van der Waals surface area contributed by atoms with E-state index in [1.54, 1.807) is 9.80 Å². The van der Waals surface area contributed by atoms with Gasteiger partial charge >= 0.3 is 0 Å². The van der Waals surface area contributed by atoms with Crippen molar-refractivity contribution in [2.75, 3.05) is 26.2 Å². The van der Waals surface area contributed by atoms with E-state index in [1.807, 2.05) is 42.5 Å². The second-order valence-corrected chi connectivity index (χ2v) is 6.74. The van der Waals surface area contributed by atoms with E-state index in [9.17, 15) is 18.4 Å². The summed E-state index contributed by atoms with van der Waals surface area (Å²) in [6.45, 7) is 1.46. The van der Waals surface area contributed by atoms with Crippen molar-refractivity contribution >= 4 is 22.6 Å². The smallest absolute Gasteiger partial charge is 0.254 e. The Balaban J connectivity index is 1.47. The number of piperazine rings is 1. The zero-order chi connectivity index (χ0) is 19.7. The molecule has 1 fully saturated rings. The van der Waals surface area contributed by atoms with Gasteiger partial charge in [0.25, 0.3) is 11.8 Å². The van der Waals surface area contributed by atoms with Crippen LogP contribution in [0.5, 0.6) is 0 Å². The molecule has 0 radical (unpaired) electrons. The fraction of sp³-hybridized carbons (Fsp3) is 0.182. The Morgan fingerprint density at radius 2 is 1.36 bits per heavy atom. The highest BCUT2D eigenvalue weighted by Crippen LogP contribution is 2.21. The van der Waals surface area contributed by atoms with Crippen LogP contribution in [0.4, 0.5) is 8.78 Å². The van der Waals surface area contributed by atoms with Crippen LogP contribution in [0.25, 0.3) is 10.8 Å². The maximum atomic E-state index is 13.4. The average Bonchev–Trinajstić information content (AvgIpc) is 2.74. The summed E-state index contributed by atoms with van der Waals surface area (Å²) in [5.41, 5.74) is 0.742. The molecule has 0 atom stereocenters. The van der Waals surface area contributed by atoms with Crippen LogP contribution < -0.4 is 0 Å². The van der Waals surface area contributed by atoms with Gasteiger partial charge in [-0.25, -0.2) is 8.78 Å². The first-order chi connectivity index (χ1) is 13.5. The van der Waals surface area contributed by atoms with E-state index in [2.05, 4.69) is 0 Å². The van der Waals surface area contributed by atoms with Crippen LogP contribution >= 0.6 is 0 Å². The fourth-order valence-electron chi connectivity index (χ4n) is 3.51. The van der Waals surface area contributed by atoms with Crippen molar-refractivity contribution in [2.45, 2.75) is 0 Å². The van der Waals surface area contributed by atoms with Crippen LogP contribution in [-0.2, 0) is 0 Å². The number of halogens is 2. The number of nitrogens with zero attached hydrogens (tertiary/aromatic N) is 2. The number of hydrogen-bond donors (Lipinski definition) is 0. The Bertz CT molecular complexity index is 1050. The van der Waals surface area contributed by atoms with Crippen molar-refractivity contribution < 1.29 is 18.4 Å². The predicted octanol–water partition coefficient (Wildman–Crippen LogP) is 3.72. The van der Waals surface area contributed by atoms with Crippen molar-refractivity contribution in [3.63, 3.8) is 0 Å². The van der Waals surface area contributed by atoms with E-state index in [-0.39, 0.29) is 17.4 Å². The van der Waals surface area contributed by atoms with Gasteiger partial charge in [0.15, 0.2) is 11.6 Å². The molecule has 0 N–H and O–H groups in total. The third kappa shape index (κ3) is 3.33. The molecule has 0 saturated carbocycles. The lowest BCUT2D eigenvalue weighted by molar-refractivity contribution is 0.0536. The molecular formula is C22H18F2N2O2. The van der Waals surface area contributed by atoms with Gasteiger partial charge < -0.3 is 9.80 Å². The molecule has 142 valence electrons. The van der Waals surface area contributed by atoms with E-state index in [4.69, 9.17) is 0 Å². The molecule has 4 rings (SSSR count). The molecule has 0 aliphatic carbocycles. The topological polar surface area (TPSA) is 40.6 Å². The standard InChI is InChI=1S/C22H18F2N2O2/c23-19-9-8-16(14-20(19)24)21(27)25-10-12-26(13-11-25)22(28)18-7-3-5-15-4-1-2-6-17(15)18/h1-9,14H,10-13H2. The summed E-state index contributed by atoms with van der Waals surface area (Å²) in [6.07, 6.45) is 0. The molecule has 0 unspecified atom stereocenters. The highest BCUT2D eigenvalue weighted by Gasteiger charge is 2.26. The van der Waals surface area contributed by atoms with E-state index in [0.29, 0.717) is 31.7 Å². The van der Waals surface area contributed by atoms with Crippen molar-refractivity contribution in [2.24, 2.45) is 0 Å². The number of hydrogen-bond acceptors (Lipinski definition) is 2. The van der Waals surface area contributed by atoms with Crippen molar-refractivity contribution in [1.82, 2.24) is 9.80 Å². The van der Waals surface area contributed by atoms with Crippen molar-refractivity contribution in [3.05, 3.63) is 83.4 Å². The maximum Gasteiger partial charge on any atom is 0.254 e. The minimum Gasteiger partial charge on any atom is -0.335 e. The Labute approximate surface area is 161 Å². The molecule has 0 spiro atoms. The number of fused-ring (bicyclic) bond motifs is 1. The number of rotatable bonds is 2. The molecule has 28 heavy (non-hydrogen) atoms. The molecule has 1 heterocycles. The lowest BCUT2D eigenvalue weighted by atomic mass is 10.0. The van der Waals surface area contributed by atoms with Gasteiger partial charge in [-0.3, -0.25) is 9.59 Å². The molecule has 1 aliphatic heterocycles. The maximum absolute atomic E-state index is 13.4. The number of amides is 2. The third-order valence-corrected chi connectivity index (χ3v) is 5.04. The van der Waals surface area contributed by atoms with Crippen LogP contribution in [0.15, 0.2) is 60.7 Å². The molecule has 1 saturated heterocycles. The minimum atomic E-state index is -1.05. The van der Waals surface area contributed by atoms with Gasteiger partial charge in [-0.15, -0.1) is 0 Å². The van der Waals surface area contributed by atoms with Gasteiger partial charge in [-0.05, 0) is 35.0 Å². The van der Waals surface area contributed by atoms with E-state index >= 15 is 0 Å². The molecule has 6 heteroatoms. The highest BCUT2D eigenvalue weighted by atomic mass is 19.2. The number of carbonyl (C=O) groups is 2. The third-order valence-electron chi connectivity index (χ3n) is 5.04.